The summed E-state index contributed by atoms with van der Waals surface area (Å²) in [6.07, 6.45) is 8.47. The van der Waals surface area contributed by atoms with Gasteiger partial charge in [0.1, 0.15) is 11.5 Å². The summed E-state index contributed by atoms with van der Waals surface area (Å²) in [6.45, 7) is 3.67. The van der Waals surface area contributed by atoms with Crippen molar-refractivity contribution in [1.82, 2.24) is 0 Å². The maximum atomic E-state index is 10.8. The lowest BCUT2D eigenvalue weighted by atomic mass is 10.0. The van der Waals surface area contributed by atoms with Crippen molar-refractivity contribution in [1.29, 1.82) is 0 Å². The number of allylic oxidation sites excluding steroid dienone is 1. The highest BCUT2D eigenvalue weighted by atomic mass is 16.6. The molecular formula is C18H27NO4. The molecule has 5 nitrogen and oxygen atoms in total. The van der Waals surface area contributed by atoms with E-state index in [9.17, 15) is 10.1 Å². The predicted octanol–water partition coefficient (Wildman–Crippen LogP) is 4.85. The van der Waals surface area contributed by atoms with Crippen molar-refractivity contribution in [2.75, 3.05) is 14.2 Å². The minimum atomic E-state index is -0.409. The minimum Gasteiger partial charge on any atom is -0.496 e. The first-order valence-corrected chi connectivity index (χ1v) is 8.11. The maximum Gasteiger partial charge on any atom is 0.243 e. The van der Waals surface area contributed by atoms with Gasteiger partial charge in [-0.05, 0) is 30.5 Å². The van der Waals surface area contributed by atoms with Gasteiger partial charge in [-0.3, -0.25) is 10.1 Å². The average molecular weight is 321 g/mol. The van der Waals surface area contributed by atoms with Crippen LogP contribution in [0.2, 0.25) is 0 Å². The van der Waals surface area contributed by atoms with E-state index in [-0.39, 0.29) is 5.70 Å². The molecule has 5 heteroatoms. The zero-order valence-corrected chi connectivity index (χ0v) is 14.6. The number of unbranched alkanes of at least 4 members (excludes halogenated alkanes) is 4. The third-order valence-corrected chi connectivity index (χ3v) is 3.83. The molecule has 0 aromatic heterocycles. The molecule has 23 heavy (non-hydrogen) atoms. The second-order valence-electron chi connectivity index (χ2n) is 5.61. The lowest BCUT2D eigenvalue weighted by Gasteiger charge is -2.13. The van der Waals surface area contributed by atoms with Gasteiger partial charge in [-0.15, -0.1) is 0 Å². The summed E-state index contributed by atoms with van der Waals surface area (Å²) < 4.78 is 10.8. The fraction of sp³-hybridized carbons (Fsp3) is 0.556. The molecule has 0 aliphatic carbocycles. The van der Waals surface area contributed by atoms with Crippen molar-refractivity contribution in [2.24, 2.45) is 0 Å². The van der Waals surface area contributed by atoms with E-state index in [0.29, 0.717) is 11.3 Å². The van der Waals surface area contributed by atoms with E-state index in [1.54, 1.807) is 14.2 Å². The number of hydrogen-bond donors (Lipinski definition) is 0. The molecule has 0 heterocycles. The largest absolute Gasteiger partial charge is 0.496 e. The quantitative estimate of drug-likeness (QED) is 0.351. The normalized spacial score (nSPS) is 11.4. The van der Waals surface area contributed by atoms with Gasteiger partial charge in [0.25, 0.3) is 0 Å². The molecule has 0 N–H and O–H groups in total. The van der Waals surface area contributed by atoms with Crippen molar-refractivity contribution in [2.45, 2.75) is 52.4 Å². The van der Waals surface area contributed by atoms with Gasteiger partial charge < -0.3 is 9.47 Å². The first-order chi connectivity index (χ1) is 11.0. The topological polar surface area (TPSA) is 61.6 Å². The number of aryl methyl sites for hydroxylation is 1. The van der Waals surface area contributed by atoms with Crippen LogP contribution in [0.5, 0.6) is 11.5 Å². The molecule has 0 unspecified atom stereocenters. The van der Waals surface area contributed by atoms with E-state index >= 15 is 0 Å². The third kappa shape index (κ3) is 5.93. The maximum absolute atomic E-state index is 10.8. The van der Waals surface area contributed by atoms with E-state index in [1.165, 1.54) is 38.7 Å². The van der Waals surface area contributed by atoms with Crippen LogP contribution in [0.1, 0.15) is 57.1 Å². The molecule has 0 atom stereocenters. The van der Waals surface area contributed by atoms with Crippen molar-refractivity contribution >= 4 is 6.08 Å². The van der Waals surface area contributed by atoms with E-state index in [1.807, 2.05) is 12.1 Å². The fourth-order valence-corrected chi connectivity index (χ4v) is 2.49. The van der Waals surface area contributed by atoms with Crippen LogP contribution in [0.4, 0.5) is 0 Å². The zero-order chi connectivity index (χ0) is 17.2. The van der Waals surface area contributed by atoms with Crippen LogP contribution in [0.3, 0.4) is 0 Å². The Balaban J connectivity index is 2.96. The van der Waals surface area contributed by atoms with Gasteiger partial charge >= 0.3 is 0 Å². The Morgan fingerprint density at radius 1 is 1.13 bits per heavy atom. The van der Waals surface area contributed by atoms with Gasteiger partial charge in [-0.2, -0.15) is 0 Å². The molecule has 0 aliphatic heterocycles. The Kier molecular flexibility index (Phi) is 8.16. The van der Waals surface area contributed by atoms with Gasteiger partial charge in [-0.25, -0.2) is 0 Å². The number of hydrogen-bond acceptors (Lipinski definition) is 4. The monoisotopic (exact) mass is 321 g/mol. The average Bonchev–Trinajstić information content (AvgIpc) is 2.54. The molecule has 0 fully saturated rings. The Morgan fingerprint density at radius 2 is 1.78 bits per heavy atom. The van der Waals surface area contributed by atoms with Crippen molar-refractivity contribution in [3.63, 3.8) is 0 Å². The summed E-state index contributed by atoms with van der Waals surface area (Å²) in [5.74, 6) is 1.39. The molecule has 0 saturated carbocycles. The van der Waals surface area contributed by atoms with Gasteiger partial charge in [-0.1, -0.05) is 32.6 Å². The second kappa shape index (κ2) is 9.87. The molecule has 0 amide bonds. The Morgan fingerprint density at radius 3 is 2.35 bits per heavy atom. The molecule has 1 rings (SSSR count). The molecule has 0 saturated heterocycles. The smallest absolute Gasteiger partial charge is 0.243 e. The van der Waals surface area contributed by atoms with Crippen LogP contribution in [0.25, 0.3) is 6.08 Å². The Hall–Kier alpha value is -2.04. The van der Waals surface area contributed by atoms with Crippen LogP contribution in [-0.4, -0.2) is 19.1 Å². The Labute approximate surface area is 138 Å². The molecule has 128 valence electrons. The van der Waals surface area contributed by atoms with E-state index in [0.717, 1.165) is 24.2 Å². The van der Waals surface area contributed by atoms with Crippen LogP contribution in [0, 0.1) is 10.1 Å². The summed E-state index contributed by atoms with van der Waals surface area (Å²) in [5, 5.41) is 10.8. The molecule has 1 aromatic carbocycles. The van der Waals surface area contributed by atoms with Crippen LogP contribution in [-0.2, 0) is 6.42 Å². The van der Waals surface area contributed by atoms with Crippen molar-refractivity contribution < 1.29 is 14.4 Å². The number of nitro groups is 1. The molecule has 0 radical (unpaired) electrons. The first kappa shape index (κ1) is 19.0. The number of methoxy groups -OCH3 is 2. The number of nitrogens with zero attached hydrogens (tertiary/aromatic N) is 1. The molecule has 1 aromatic rings. The van der Waals surface area contributed by atoms with Crippen LogP contribution >= 0.6 is 0 Å². The summed E-state index contributed by atoms with van der Waals surface area (Å²) in [5.41, 5.74) is 1.81. The standard InChI is InChI=1S/C18H27NO4/c1-5-6-7-8-9-10-15-12-18(23-4)16(13-17(15)22-3)11-14(2)19(20)21/h11-13H,5-10H2,1-4H3/b14-11+. The molecule has 0 spiro atoms. The zero-order valence-electron chi connectivity index (χ0n) is 14.6. The van der Waals surface area contributed by atoms with Crippen LogP contribution in [0.15, 0.2) is 17.8 Å². The van der Waals surface area contributed by atoms with Gasteiger partial charge in [0.15, 0.2) is 0 Å². The summed E-state index contributed by atoms with van der Waals surface area (Å²) in [7, 11) is 3.20. The molecule has 0 bridgehead atoms. The number of rotatable bonds is 10. The highest BCUT2D eigenvalue weighted by Crippen LogP contribution is 2.31. The highest BCUT2D eigenvalue weighted by molar-refractivity contribution is 5.62. The second-order valence-corrected chi connectivity index (χ2v) is 5.61. The minimum absolute atomic E-state index is 0.0673. The van der Waals surface area contributed by atoms with E-state index in [2.05, 4.69) is 6.92 Å². The molecule has 0 aliphatic rings. The summed E-state index contributed by atoms with van der Waals surface area (Å²) in [4.78, 5) is 10.4. The predicted molar refractivity (Wildman–Crippen MR) is 92.7 cm³/mol. The lowest BCUT2D eigenvalue weighted by molar-refractivity contribution is -0.422. The highest BCUT2D eigenvalue weighted by Gasteiger charge is 2.12. The fourth-order valence-electron chi connectivity index (χ4n) is 2.49. The van der Waals surface area contributed by atoms with Crippen molar-refractivity contribution in [3.05, 3.63) is 39.1 Å². The van der Waals surface area contributed by atoms with Crippen LogP contribution < -0.4 is 9.47 Å². The summed E-state index contributed by atoms with van der Waals surface area (Å²) in [6, 6.07) is 3.74. The number of benzene rings is 1. The number of ether oxygens (including phenoxy) is 2. The van der Waals surface area contributed by atoms with E-state index < -0.39 is 4.92 Å². The first-order valence-electron chi connectivity index (χ1n) is 8.11. The lowest BCUT2D eigenvalue weighted by Crippen LogP contribution is -1.98. The molecular weight excluding hydrogens is 294 g/mol. The SMILES string of the molecule is CCCCCCCc1cc(OC)c(/C=C(\C)[N+](=O)[O-])cc1OC. The Bertz CT molecular complexity index is 552. The summed E-state index contributed by atoms with van der Waals surface area (Å²) >= 11 is 0. The van der Waals surface area contributed by atoms with Gasteiger partial charge in [0.05, 0.1) is 19.1 Å². The third-order valence-electron chi connectivity index (χ3n) is 3.83. The van der Waals surface area contributed by atoms with Gasteiger partial charge in [0, 0.05) is 18.6 Å². The van der Waals surface area contributed by atoms with Crippen molar-refractivity contribution in [3.8, 4) is 11.5 Å². The van der Waals surface area contributed by atoms with E-state index in [4.69, 9.17) is 9.47 Å². The van der Waals surface area contributed by atoms with Gasteiger partial charge in [0.2, 0.25) is 5.70 Å².